The molecular formula is C7H9N5O. The molecule has 2 aromatic heterocycles. The summed E-state index contributed by atoms with van der Waals surface area (Å²) in [6.07, 6.45) is 4.68. The van der Waals surface area contributed by atoms with Crippen molar-refractivity contribution in [3.8, 4) is 5.88 Å². The van der Waals surface area contributed by atoms with Crippen LogP contribution in [0.3, 0.4) is 0 Å². The number of aromatic hydroxyl groups is 1. The summed E-state index contributed by atoms with van der Waals surface area (Å²) < 4.78 is 0. The monoisotopic (exact) mass is 179 g/mol. The molecule has 0 atom stereocenters. The maximum absolute atomic E-state index is 8.52. The number of aromatic nitrogens is 4. The van der Waals surface area contributed by atoms with Crippen LogP contribution in [0.1, 0.15) is 0 Å². The van der Waals surface area contributed by atoms with Crippen LogP contribution in [0.25, 0.3) is 0 Å². The molecule has 68 valence electrons. The molecule has 0 fully saturated rings. The van der Waals surface area contributed by atoms with Crippen LogP contribution in [-0.4, -0.2) is 25.5 Å². The molecule has 0 saturated heterocycles. The highest BCUT2D eigenvalue weighted by molar-refractivity contribution is 5.39. The molecule has 0 radical (unpaired) electrons. The highest BCUT2D eigenvalue weighted by Gasteiger charge is 1.86. The molecule has 13 heavy (non-hydrogen) atoms. The van der Waals surface area contributed by atoms with Crippen LogP contribution in [0.2, 0.25) is 0 Å². The fourth-order valence-corrected chi connectivity index (χ4v) is 0.603. The SMILES string of the molecule is Nc1c[nH]c(O)c1.c1cnnnc1. The summed E-state index contributed by atoms with van der Waals surface area (Å²) in [4.78, 5) is 2.50. The molecule has 2 aromatic rings. The van der Waals surface area contributed by atoms with Crippen molar-refractivity contribution < 1.29 is 5.11 Å². The third-order valence-electron chi connectivity index (χ3n) is 1.10. The average Bonchev–Trinajstić information content (AvgIpc) is 2.54. The van der Waals surface area contributed by atoms with Crippen molar-refractivity contribution in [1.29, 1.82) is 0 Å². The smallest absolute Gasteiger partial charge is 0.190 e. The zero-order chi connectivity index (χ0) is 9.52. The Labute approximate surface area is 74.4 Å². The lowest BCUT2D eigenvalue weighted by Crippen LogP contribution is -1.78. The molecule has 0 bridgehead atoms. The minimum atomic E-state index is 0.109. The largest absolute Gasteiger partial charge is 0.495 e. The molecule has 0 spiro atoms. The summed E-state index contributed by atoms with van der Waals surface area (Å²) in [6.45, 7) is 0. The molecule has 2 rings (SSSR count). The van der Waals surface area contributed by atoms with Crippen molar-refractivity contribution in [2.75, 3.05) is 5.73 Å². The molecule has 4 N–H and O–H groups in total. The van der Waals surface area contributed by atoms with E-state index in [0.717, 1.165) is 0 Å². The minimum Gasteiger partial charge on any atom is -0.495 e. The van der Waals surface area contributed by atoms with Gasteiger partial charge in [0.25, 0.3) is 0 Å². The molecule has 6 nitrogen and oxygen atoms in total. The van der Waals surface area contributed by atoms with Crippen LogP contribution in [-0.2, 0) is 0 Å². The summed E-state index contributed by atoms with van der Waals surface area (Å²) >= 11 is 0. The second-order valence-corrected chi connectivity index (χ2v) is 2.13. The van der Waals surface area contributed by atoms with Gasteiger partial charge < -0.3 is 15.8 Å². The van der Waals surface area contributed by atoms with Gasteiger partial charge in [0.15, 0.2) is 5.88 Å². The maximum atomic E-state index is 8.52. The third kappa shape index (κ3) is 3.71. The molecule has 0 aromatic carbocycles. The number of H-pyrrole nitrogens is 1. The van der Waals surface area contributed by atoms with E-state index in [1.165, 1.54) is 12.3 Å². The van der Waals surface area contributed by atoms with Crippen LogP contribution in [0.4, 0.5) is 5.69 Å². The standard InChI is InChI=1S/C4H6N2O.C3H3N3/c5-3-1-4(7)6-2-3;1-2-4-6-5-3-1/h1-2,6-7H,5H2;1-3H. The van der Waals surface area contributed by atoms with Gasteiger partial charge in [0.1, 0.15) is 0 Å². The summed E-state index contributed by atoms with van der Waals surface area (Å²) in [6, 6.07) is 3.16. The van der Waals surface area contributed by atoms with Gasteiger partial charge in [0.2, 0.25) is 0 Å². The predicted octanol–water partition coefficient (Wildman–Crippen LogP) is 0.174. The Morgan fingerprint density at radius 2 is 2.00 bits per heavy atom. The Morgan fingerprint density at radius 3 is 2.15 bits per heavy atom. The first-order valence-electron chi connectivity index (χ1n) is 3.50. The summed E-state index contributed by atoms with van der Waals surface area (Å²) in [5, 5.41) is 18.6. The average molecular weight is 179 g/mol. The maximum Gasteiger partial charge on any atom is 0.190 e. The van der Waals surface area contributed by atoms with Gasteiger partial charge in [-0.15, -0.1) is 10.2 Å². The van der Waals surface area contributed by atoms with E-state index in [4.69, 9.17) is 10.8 Å². The summed E-state index contributed by atoms with van der Waals surface area (Å²) in [7, 11) is 0. The Balaban J connectivity index is 0.000000132. The molecule has 0 unspecified atom stereocenters. The minimum absolute atomic E-state index is 0.109. The van der Waals surface area contributed by atoms with E-state index in [1.54, 1.807) is 18.5 Å². The van der Waals surface area contributed by atoms with E-state index in [9.17, 15) is 0 Å². The van der Waals surface area contributed by atoms with E-state index in [0.29, 0.717) is 5.69 Å². The lowest BCUT2D eigenvalue weighted by atomic mass is 10.6. The first-order valence-corrected chi connectivity index (χ1v) is 3.50. The second-order valence-electron chi connectivity index (χ2n) is 2.13. The molecule has 0 aliphatic carbocycles. The van der Waals surface area contributed by atoms with Gasteiger partial charge in [0.05, 0.1) is 18.1 Å². The van der Waals surface area contributed by atoms with Crippen molar-refractivity contribution in [2.24, 2.45) is 0 Å². The number of nitrogens with zero attached hydrogens (tertiary/aromatic N) is 3. The van der Waals surface area contributed by atoms with Crippen LogP contribution in [0.5, 0.6) is 5.88 Å². The Hall–Kier alpha value is -2.11. The number of hydrogen-bond donors (Lipinski definition) is 3. The fourth-order valence-electron chi connectivity index (χ4n) is 0.603. The topological polar surface area (TPSA) is 101 Å². The second kappa shape index (κ2) is 4.70. The first-order chi connectivity index (χ1) is 6.29. The van der Waals surface area contributed by atoms with Crippen molar-refractivity contribution in [2.45, 2.75) is 0 Å². The van der Waals surface area contributed by atoms with Crippen molar-refractivity contribution in [3.05, 3.63) is 30.7 Å². The van der Waals surface area contributed by atoms with E-state index in [2.05, 4.69) is 20.4 Å². The van der Waals surface area contributed by atoms with Gasteiger partial charge in [-0.25, -0.2) is 0 Å². The van der Waals surface area contributed by atoms with Crippen molar-refractivity contribution >= 4 is 5.69 Å². The number of nitrogens with one attached hydrogen (secondary N) is 1. The number of hydrogen-bond acceptors (Lipinski definition) is 5. The Morgan fingerprint density at radius 1 is 1.31 bits per heavy atom. The molecule has 0 aliphatic heterocycles. The van der Waals surface area contributed by atoms with Crippen molar-refractivity contribution in [3.63, 3.8) is 0 Å². The highest BCUT2D eigenvalue weighted by Crippen LogP contribution is 2.08. The van der Waals surface area contributed by atoms with E-state index in [-0.39, 0.29) is 5.88 Å². The zero-order valence-corrected chi connectivity index (χ0v) is 6.75. The molecule has 2 heterocycles. The zero-order valence-electron chi connectivity index (χ0n) is 6.75. The van der Waals surface area contributed by atoms with Crippen LogP contribution < -0.4 is 5.73 Å². The third-order valence-corrected chi connectivity index (χ3v) is 1.10. The van der Waals surface area contributed by atoms with Crippen LogP contribution >= 0.6 is 0 Å². The van der Waals surface area contributed by atoms with Gasteiger partial charge in [-0.1, -0.05) is 0 Å². The van der Waals surface area contributed by atoms with E-state index >= 15 is 0 Å². The number of anilines is 1. The number of nitrogens with two attached hydrogens (primary N) is 1. The highest BCUT2D eigenvalue weighted by atomic mass is 16.3. The normalized spacial score (nSPS) is 8.62. The summed E-state index contributed by atoms with van der Waals surface area (Å²) in [5.41, 5.74) is 5.74. The fraction of sp³-hybridized carbons (Fsp3) is 0. The Bertz CT molecular complexity index is 290. The van der Waals surface area contributed by atoms with Gasteiger partial charge in [0, 0.05) is 12.3 Å². The first kappa shape index (κ1) is 8.98. The van der Waals surface area contributed by atoms with E-state index in [1.807, 2.05) is 0 Å². The lowest BCUT2D eigenvalue weighted by molar-refractivity contribution is 0.457. The van der Waals surface area contributed by atoms with Gasteiger partial charge in [-0.05, 0) is 11.3 Å². The molecule has 0 aliphatic rings. The van der Waals surface area contributed by atoms with Gasteiger partial charge in [-0.3, -0.25) is 0 Å². The summed E-state index contributed by atoms with van der Waals surface area (Å²) in [5.74, 6) is 0.109. The quantitative estimate of drug-likeness (QED) is 0.535. The lowest BCUT2D eigenvalue weighted by Gasteiger charge is -1.72. The molecular weight excluding hydrogens is 170 g/mol. The predicted molar refractivity (Wildman–Crippen MR) is 46.7 cm³/mol. The molecule has 0 amide bonds. The number of aromatic amines is 1. The van der Waals surface area contributed by atoms with Gasteiger partial charge in [-0.2, -0.15) is 0 Å². The number of rotatable bonds is 0. The number of nitrogen functional groups attached to an aromatic ring is 1. The van der Waals surface area contributed by atoms with Crippen molar-refractivity contribution in [1.82, 2.24) is 20.4 Å². The van der Waals surface area contributed by atoms with Crippen LogP contribution in [0, 0.1) is 0 Å². The molecule has 6 heteroatoms. The van der Waals surface area contributed by atoms with Gasteiger partial charge >= 0.3 is 0 Å². The Kier molecular flexibility index (Phi) is 3.25. The van der Waals surface area contributed by atoms with Crippen LogP contribution in [0.15, 0.2) is 30.7 Å². The van der Waals surface area contributed by atoms with E-state index < -0.39 is 0 Å². The molecule has 0 saturated carbocycles.